The minimum absolute atomic E-state index is 0.193. The monoisotopic (exact) mass is 466 g/mol. The zero-order chi connectivity index (χ0) is 23.8. The van der Waals surface area contributed by atoms with E-state index >= 15 is 0 Å². The second kappa shape index (κ2) is 16.5. The Kier molecular flexibility index (Phi) is 14.0. The third-order valence-electron chi connectivity index (χ3n) is 7.00. The largest absolute Gasteiger partial charge is 0.106 e. The second-order valence-corrected chi connectivity index (χ2v) is 12.6. The van der Waals surface area contributed by atoms with E-state index < -0.39 is 0 Å². The number of unbranched alkanes of at least 4 members (excludes halogenated alkanes) is 7. The zero-order valence-corrected chi connectivity index (χ0v) is 23.1. The van der Waals surface area contributed by atoms with Crippen LogP contribution in [0, 0.1) is 11.8 Å². The van der Waals surface area contributed by atoms with Crippen molar-refractivity contribution < 1.29 is 0 Å². The quantitative estimate of drug-likeness (QED) is 0.151. The van der Waals surface area contributed by atoms with Crippen LogP contribution in [0.3, 0.4) is 0 Å². The van der Waals surface area contributed by atoms with Crippen molar-refractivity contribution in [2.45, 2.75) is 110 Å². The third kappa shape index (κ3) is 10.8. The predicted molar refractivity (Wildman–Crippen MR) is 152 cm³/mol. The molecule has 0 aromatic heterocycles. The molecule has 0 saturated carbocycles. The van der Waals surface area contributed by atoms with Crippen LogP contribution in [0.25, 0.3) is 0 Å². The van der Waals surface area contributed by atoms with E-state index in [1.165, 1.54) is 94.3 Å². The predicted octanol–water partition coefficient (Wildman–Crippen LogP) is 10.6. The van der Waals surface area contributed by atoms with E-state index in [-0.39, 0.29) is 5.16 Å². The van der Waals surface area contributed by atoms with Crippen LogP contribution < -0.4 is 0 Å². The maximum atomic E-state index is 2.39. The van der Waals surface area contributed by atoms with Gasteiger partial charge in [-0.15, -0.1) is 8.58 Å². The third-order valence-corrected chi connectivity index (χ3v) is 9.04. The van der Waals surface area contributed by atoms with Crippen LogP contribution in [0.2, 0.25) is 0 Å². The summed E-state index contributed by atoms with van der Waals surface area (Å²) in [5.74, 6) is 1.69. The molecule has 33 heavy (non-hydrogen) atoms. The molecule has 0 aliphatic heterocycles. The highest BCUT2D eigenvalue weighted by Gasteiger charge is 2.33. The van der Waals surface area contributed by atoms with Gasteiger partial charge in [-0.3, -0.25) is 0 Å². The summed E-state index contributed by atoms with van der Waals surface area (Å²) in [5.41, 5.74) is 3.07. The van der Waals surface area contributed by atoms with E-state index in [9.17, 15) is 0 Å². The number of hydrogen-bond acceptors (Lipinski definition) is 0. The molecule has 1 unspecified atom stereocenters. The lowest BCUT2D eigenvalue weighted by Gasteiger charge is -2.36. The topological polar surface area (TPSA) is 0 Å². The van der Waals surface area contributed by atoms with Gasteiger partial charge in [-0.2, -0.15) is 0 Å². The number of hydrogen-bond donors (Lipinski definition) is 0. The summed E-state index contributed by atoms with van der Waals surface area (Å²) in [5, 5.41) is 0.193. The van der Waals surface area contributed by atoms with Gasteiger partial charge in [-0.05, 0) is 42.0 Å². The molecule has 0 radical (unpaired) electrons. The van der Waals surface area contributed by atoms with Crippen molar-refractivity contribution in [1.29, 1.82) is 0 Å². The standard InChI is InChI=1S/C32H51P/c1-28(2)20-12-6-5-9-19-27-33-32(30-22-14-10-15-23-30,31-24-16-11-17-25-31)26-18-8-7-13-21-29(3)4/h10-11,14-17,22-25,28-29,33H,5-9,12-13,18-21,26-27H2,1-4H3. The highest BCUT2D eigenvalue weighted by molar-refractivity contribution is 7.39. The molecule has 0 spiro atoms. The molecule has 0 fully saturated rings. The van der Waals surface area contributed by atoms with Gasteiger partial charge >= 0.3 is 0 Å². The van der Waals surface area contributed by atoms with Crippen molar-refractivity contribution in [3.05, 3.63) is 71.8 Å². The fourth-order valence-corrected chi connectivity index (χ4v) is 6.95. The van der Waals surface area contributed by atoms with Crippen molar-refractivity contribution in [2.75, 3.05) is 6.16 Å². The van der Waals surface area contributed by atoms with Gasteiger partial charge in [0, 0.05) is 5.16 Å². The van der Waals surface area contributed by atoms with Crippen LogP contribution in [0.1, 0.15) is 116 Å². The maximum Gasteiger partial charge on any atom is 0.0372 e. The second-order valence-electron chi connectivity index (χ2n) is 10.9. The fraction of sp³-hybridized carbons (Fsp3) is 0.625. The van der Waals surface area contributed by atoms with E-state index in [1.807, 2.05) is 0 Å². The summed E-state index contributed by atoms with van der Waals surface area (Å²) in [7, 11) is 0.965. The highest BCUT2D eigenvalue weighted by Crippen LogP contribution is 2.51. The van der Waals surface area contributed by atoms with Gasteiger partial charge in [-0.25, -0.2) is 0 Å². The molecule has 0 bridgehead atoms. The van der Waals surface area contributed by atoms with Crippen LogP contribution in [0.15, 0.2) is 60.7 Å². The Morgan fingerprint density at radius 3 is 1.45 bits per heavy atom. The smallest absolute Gasteiger partial charge is 0.0372 e. The first-order chi connectivity index (χ1) is 16.0. The van der Waals surface area contributed by atoms with Crippen LogP contribution in [0.5, 0.6) is 0 Å². The molecular weight excluding hydrogens is 415 g/mol. The van der Waals surface area contributed by atoms with E-state index in [4.69, 9.17) is 0 Å². The normalized spacial score (nSPS) is 12.4. The average Bonchev–Trinajstić information content (AvgIpc) is 2.82. The fourth-order valence-electron chi connectivity index (χ4n) is 5.00. The summed E-state index contributed by atoms with van der Waals surface area (Å²) in [4.78, 5) is 0. The van der Waals surface area contributed by atoms with Gasteiger partial charge in [0.05, 0.1) is 0 Å². The summed E-state index contributed by atoms with van der Waals surface area (Å²) in [6.07, 6.45) is 17.9. The molecule has 1 atom stereocenters. The van der Waals surface area contributed by atoms with Gasteiger partial charge in [0.25, 0.3) is 0 Å². The molecule has 0 nitrogen and oxygen atoms in total. The molecule has 0 heterocycles. The Balaban J connectivity index is 2.01. The van der Waals surface area contributed by atoms with Gasteiger partial charge in [0.2, 0.25) is 0 Å². The number of benzene rings is 2. The first kappa shape index (κ1) is 28.1. The molecular formula is C32H51P. The molecule has 0 amide bonds. The van der Waals surface area contributed by atoms with Crippen molar-refractivity contribution in [3.63, 3.8) is 0 Å². The minimum Gasteiger partial charge on any atom is -0.106 e. The Bertz CT molecular complexity index is 664. The Morgan fingerprint density at radius 2 is 0.970 bits per heavy atom. The van der Waals surface area contributed by atoms with E-state index in [0.29, 0.717) is 0 Å². The van der Waals surface area contributed by atoms with Gasteiger partial charge in [0.15, 0.2) is 0 Å². The van der Waals surface area contributed by atoms with Crippen molar-refractivity contribution >= 4 is 8.58 Å². The lowest BCUT2D eigenvalue weighted by atomic mass is 9.85. The van der Waals surface area contributed by atoms with Crippen LogP contribution in [-0.2, 0) is 5.16 Å². The molecule has 2 aromatic carbocycles. The van der Waals surface area contributed by atoms with Crippen LogP contribution in [0.4, 0.5) is 0 Å². The van der Waals surface area contributed by atoms with Gasteiger partial charge in [-0.1, -0.05) is 153 Å². The van der Waals surface area contributed by atoms with Crippen LogP contribution in [-0.4, -0.2) is 6.16 Å². The first-order valence-corrected chi connectivity index (χ1v) is 15.1. The molecule has 0 aliphatic rings. The average molecular weight is 467 g/mol. The van der Waals surface area contributed by atoms with E-state index in [2.05, 4.69) is 88.4 Å². The summed E-state index contributed by atoms with van der Waals surface area (Å²) in [6, 6.07) is 22.9. The lowest BCUT2D eigenvalue weighted by molar-refractivity contribution is 0.501. The van der Waals surface area contributed by atoms with Crippen molar-refractivity contribution in [3.8, 4) is 0 Å². The van der Waals surface area contributed by atoms with Crippen LogP contribution >= 0.6 is 8.58 Å². The lowest BCUT2D eigenvalue weighted by Crippen LogP contribution is -2.23. The molecule has 1 heteroatoms. The molecule has 2 rings (SSSR count). The van der Waals surface area contributed by atoms with Crippen molar-refractivity contribution in [1.82, 2.24) is 0 Å². The SMILES string of the molecule is CC(C)CCCCCCCPC(CCCCCCC(C)C)(c1ccccc1)c1ccccc1. The van der Waals surface area contributed by atoms with E-state index in [0.717, 1.165) is 20.4 Å². The van der Waals surface area contributed by atoms with Gasteiger partial charge in [0.1, 0.15) is 0 Å². The molecule has 0 aliphatic carbocycles. The van der Waals surface area contributed by atoms with Gasteiger partial charge < -0.3 is 0 Å². The van der Waals surface area contributed by atoms with Crippen molar-refractivity contribution in [2.24, 2.45) is 11.8 Å². The first-order valence-electron chi connectivity index (χ1n) is 13.9. The summed E-state index contributed by atoms with van der Waals surface area (Å²) < 4.78 is 0. The Morgan fingerprint density at radius 1 is 0.545 bits per heavy atom. The molecule has 0 N–H and O–H groups in total. The minimum atomic E-state index is 0.193. The zero-order valence-electron chi connectivity index (χ0n) is 22.1. The Labute approximate surface area is 208 Å². The summed E-state index contributed by atoms with van der Waals surface area (Å²) >= 11 is 0. The highest BCUT2D eigenvalue weighted by atomic mass is 31.1. The van der Waals surface area contributed by atoms with E-state index in [1.54, 1.807) is 0 Å². The Hall–Kier alpha value is -1.13. The molecule has 2 aromatic rings. The molecule has 0 saturated heterocycles. The number of rotatable bonds is 18. The summed E-state index contributed by atoms with van der Waals surface area (Å²) in [6.45, 7) is 9.39. The molecule has 184 valence electrons. The maximum absolute atomic E-state index is 2.39.